The highest BCUT2D eigenvalue weighted by Crippen LogP contribution is 2.48. The molecule has 0 aliphatic carbocycles. The first-order valence-corrected chi connectivity index (χ1v) is 10.1. The topological polar surface area (TPSA) is 24.8 Å². The first-order valence-electron chi connectivity index (χ1n) is 8.41. The molecule has 5 rings (SSSR count). The minimum Gasteiger partial charge on any atom is -0.464 e. The lowest BCUT2D eigenvalue weighted by Gasteiger charge is -2.38. The summed E-state index contributed by atoms with van der Waals surface area (Å²) in [4.78, 5) is 1.10. The van der Waals surface area contributed by atoms with Gasteiger partial charge in [-0.15, -0.1) is 11.3 Å². The molecule has 2 aliphatic rings. The van der Waals surface area contributed by atoms with Gasteiger partial charge in [0.15, 0.2) is 11.6 Å². The molecule has 27 heavy (non-hydrogen) atoms. The first-order chi connectivity index (χ1) is 13.1. The standard InChI is InChI=1S/C20H13BrF2N2OS/c21-12-4-6-18-13(9-12)17-10-16(19-2-1-7-27-19)24-25(17)20(26-18)11-3-5-14(22)15(23)8-11/h1-9,17,20H,10H2/t17-,20-/m0/s1. The molecule has 0 unspecified atom stereocenters. The lowest BCUT2D eigenvalue weighted by molar-refractivity contribution is -0.0193. The van der Waals surface area contributed by atoms with E-state index in [0.717, 1.165) is 38.9 Å². The SMILES string of the molecule is Fc1ccc([C@@H]2Oc3ccc(Br)cc3[C@@H]3CC(c4cccs4)=NN32)cc1F. The number of hydrogen-bond acceptors (Lipinski definition) is 4. The summed E-state index contributed by atoms with van der Waals surface area (Å²) in [5.74, 6) is -1.03. The van der Waals surface area contributed by atoms with Crippen molar-refractivity contribution in [3.05, 3.63) is 86.0 Å². The van der Waals surface area contributed by atoms with Gasteiger partial charge >= 0.3 is 0 Å². The summed E-state index contributed by atoms with van der Waals surface area (Å²) in [6, 6.07) is 13.7. The molecule has 7 heteroatoms. The Bertz CT molecular complexity index is 1050. The second-order valence-electron chi connectivity index (χ2n) is 6.45. The summed E-state index contributed by atoms with van der Waals surface area (Å²) in [5.41, 5.74) is 2.53. The third-order valence-corrected chi connectivity index (χ3v) is 6.20. The second kappa shape index (κ2) is 6.42. The molecule has 0 spiro atoms. The predicted molar refractivity (Wildman–Crippen MR) is 104 cm³/mol. The molecule has 2 atom stereocenters. The molecule has 136 valence electrons. The average molecular weight is 447 g/mol. The Morgan fingerprint density at radius 2 is 2.00 bits per heavy atom. The Kier molecular flexibility index (Phi) is 4.02. The van der Waals surface area contributed by atoms with E-state index in [-0.39, 0.29) is 6.04 Å². The third kappa shape index (κ3) is 2.85. The van der Waals surface area contributed by atoms with Gasteiger partial charge in [0.05, 0.1) is 16.6 Å². The van der Waals surface area contributed by atoms with Gasteiger partial charge in [0.2, 0.25) is 6.23 Å². The maximum Gasteiger partial charge on any atom is 0.213 e. The molecule has 0 saturated heterocycles. The van der Waals surface area contributed by atoms with E-state index in [4.69, 9.17) is 9.84 Å². The van der Waals surface area contributed by atoms with Crippen LogP contribution in [0.25, 0.3) is 0 Å². The number of ether oxygens (including phenoxy) is 1. The summed E-state index contributed by atoms with van der Waals surface area (Å²) < 4.78 is 34.4. The number of fused-ring (bicyclic) bond motifs is 3. The zero-order chi connectivity index (χ0) is 18.5. The van der Waals surface area contributed by atoms with Crippen LogP contribution in [0.1, 0.15) is 34.7 Å². The maximum atomic E-state index is 13.8. The van der Waals surface area contributed by atoms with Gasteiger partial charge < -0.3 is 4.74 Å². The fourth-order valence-corrected chi connectivity index (χ4v) is 4.64. The van der Waals surface area contributed by atoms with Crippen LogP contribution in [0, 0.1) is 11.6 Å². The van der Waals surface area contributed by atoms with Crippen LogP contribution in [0.2, 0.25) is 0 Å². The van der Waals surface area contributed by atoms with E-state index in [1.54, 1.807) is 17.4 Å². The molecule has 0 N–H and O–H groups in total. The first kappa shape index (κ1) is 16.9. The molecule has 0 fully saturated rings. The van der Waals surface area contributed by atoms with Gasteiger partial charge in [-0.05, 0) is 41.8 Å². The van der Waals surface area contributed by atoms with E-state index in [9.17, 15) is 8.78 Å². The zero-order valence-corrected chi connectivity index (χ0v) is 16.3. The molecule has 2 aromatic carbocycles. The van der Waals surface area contributed by atoms with Gasteiger partial charge in [-0.2, -0.15) is 5.10 Å². The zero-order valence-electron chi connectivity index (χ0n) is 13.9. The predicted octanol–water partition coefficient (Wildman–Crippen LogP) is 6.03. The van der Waals surface area contributed by atoms with Crippen molar-refractivity contribution in [3.8, 4) is 5.75 Å². The third-order valence-electron chi connectivity index (χ3n) is 4.79. The molecular formula is C20H13BrF2N2OS. The summed E-state index contributed by atoms with van der Waals surface area (Å²) in [5, 5.41) is 8.67. The summed E-state index contributed by atoms with van der Waals surface area (Å²) in [6.07, 6.45) is 0.115. The number of thiophene rings is 1. The fraction of sp³-hybridized carbons (Fsp3) is 0.150. The lowest BCUT2D eigenvalue weighted by Crippen LogP contribution is -2.33. The molecule has 2 aliphatic heterocycles. The van der Waals surface area contributed by atoms with Crippen LogP contribution in [-0.2, 0) is 0 Å². The van der Waals surface area contributed by atoms with Crippen molar-refractivity contribution in [2.75, 3.05) is 0 Å². The van der Waals surface area contributed by atoms with Gasteiger partial charge in [-0.25, -0.2) is 13.8 Å². The molecule has 3 nitrogen and oxygen atoms in total. The van der Waals surface area contributed by atoms with E-state index in [1.165, 1.54) is 6.07 Å². The van der Waals surface area contributed by atoms with Crippen molar-refractivity contribution < 1.29 is 13.5 Å². The van der Waals surface area contributed by atoms with E-state index < -0.39 is 17.9 Å². The van der Waals surface area contributed by atoms with Gasteiger partial charge in [-0.1, -0.05) is 28.1 Å². The van der Waals surface area contributed by atoms with Crippen LogP contribution in [0.5, 0.6) is 5.75 Å². The van der Waals surface area contributed by atoms with Crippen LogP contribution >= 0.6 is 27.3 Å². The van der Waals surface area contributed by atoms with Crippen LogP contribution in [0.4, 0.5) is 8.78 Å². The minimum absolute atomic E-state index is 0.0264. The lowest BCUT2D eigenvalue weighted by atomic mass is 9.97. The number of benzene rings is 2. The summed E-state index contributed by atoms with van der Waals surface area (Å²) in [7, 11) is 0. The quantitative estimate of drug-likeness (QED) is 0.479. The Hall–Kier alpha value is -2.25. The van der Waals surface area contributed by atoms with Gasteiger partial charge in [0.1, 0.15) is 5.75 Å². The number of nitrogens with zero attached hydrogens (tertiary/aromatic N) is 2. The van der Waals surface area contributed by atoms with Crippen molar-refractivity contribution in [3.63, 3.8) is 0 Å². The van der Waals surface area contributed by atoms with Crippen LogP contribution in [0.15, 0.2) is 63.5 Å². The highest BCUT2D eigenvalue weighted by Gasteiger charge is 2.41. The van der Waals surface area contributed by atoms with Gasteiger partial charge in [0.25, 0.3) is 0 Å². The van der Waals surface area contributed by atoms with E-state index in [2.05, 4.69) is 15.9 Å². The number of halogens is 3. The molecular weight excluding hydrogens is 434 g/mol. The van der Waals surface area contributed by atoms with Crippen molar-refractivity contribution in [1.82, 2.24) is 5.01 Å². The van der Waals surface area contributed by atoms with Gasteiger partial charge in [-0.3, -0.25) is 0 Å². The van der Waals surface area contributed by atoms with Crippen molar-refractivity contribution in [2.45, 2.75) is 18.7 Å². The highest BCUT2D eigenvalue weighted by molar-refractivity contribution is 9.10. The van der Waals surface area contributed by atoms with Crippen molar-refractivity contribution in [1.29, 1.82) is 0 Å². The van der Waals surface area contributed by atoms with Crippen LogP contribution < -0.4 is 4.74 Å². The number of rotatable bonds is 2. The number of hydrogen-bond donors (Lipinski definition) is 0. The largest absolute Gasteiger partial charge is 0.464 e. The molecule has 0 radical (unpaired) electrons. The Morgan fingerprint density at radius 1 is 1.11 bits per heavy atom. The fourth-order valence-electron chi connectivity index (χ4n) is 3.54. The smallest absolute Gasteiger partial charge is 0.213 e. The highest BCUT2D eigenvalue weighted by atomic mass is 79.9. The Morgan fingerprint density at radius 3 is 2.78 bits per heavy atom. The average Bonchev–Trinajstić information content (AvgIpc) is 3.33. The Labute approximate surface area is 167 Å². The van der Waals surface area contributed by atoms with Crippen LogP contribution in [0.3, 0.4) is 0 Å². The normalized spacial score (nSPS) is 20.7. The van der Waals surface area contributed by atoms with Crippen LogP contribution in [-0.4, -0.2) is 10.7 Å². The molecule has 0 amide bonds. The molecule has 0 bridgehead atoms. The van der Waals surface area contributed by atoms with E-state index in [0.29, 0.717) is 5.56 Å². The Balaban J connectivity index is 1.62. The van der Waals surface area contributed by atoms with E-state index in [1.807, 2.05) is 40.7 Å². The number of hydrazone groups is 1. The molecule has 1 aromatic heterocycles. The molecule has 3 heterocycles. The second-order valence-corrected chi connectivity index (χ2v) is 8.31. The van der Waals surface area contributed by atoms with Gasteiger partial charge in [0, 0.05) is 22.0 Å². The summed E-state index contributed by atoms with van der Waals surface area (Å²) in [6.45, 7) is 0. The minimum atomic E-state index is -0.893. The monoisotopic (exact) mass is 446 g/mol. The maximum absolute atomic E-state index is 13.8. The van der Waals surface area contributed by atoms with Crippen molar-refractivity contribution >= 4 is 33.0 Å². The van der Waals surface area contributed by atoms with Crippen molar-refractivity contribution in [2.24, 2.45) is 5.10 Å². The summed E-state index contributed by atoms with van der Waals surface area (Å²) >= 11 is 5.15. The van der Waals surface area contributed by atoms with E-state index >= 15 is 0 Å². The molecule has 0 saturated carbocycles. The molecule has 3 aromatic rings.